The quantitative estimate of drug-likeness (QED) is 0.579. The van der Waals surface area contributed by atoms with E-state index < -0.39 is 5.97 Å². The molecular weight excluding hydrogens is 410 g/mol. The van der Waals surface area contributed by atoms with Gasteiger partial charge < -0.3 is 9.84 Å². The molecule has 2 atom stereocenters. The second kappa shape index (κ2) is 8.78. The van der Waals surface area contributed by atoms with E-state index in [4.69, 9.17) is 9.84 Å². The summed E-state index contributed by atoms with van der Waals surface area (Å²) in [5.41, 5.74) is 5.62. The van der Waals surface area contributed by atoms with Crippen LogP contribution in [0, 0.1) is 0 Å². The molecule has 31 heavy (non-hydrogen) atoms. The third-order valence-corrected chi connectivity index (χ3v) is 6.87. The van der Waals surface area contributed by atoms with Crippen molar-refractivity contribution < 1.29 is 14.6 Å². The monoisotopic (exact) mass is 435 g/mol. The topological polar surface area (TPSA) is 65.9 Å². The maximum Gasteiger partial charge on any atom is 0.335 e. The van der Waals surface area contributed by atoms with Crippen LogP contribution in [0.5, 0.6) is 5.75 Å². The van der Waals surface area contributed by atoms with Crippen molar-refractivity contribution in [3.8, 4) is 5.75 Å². The van der Waals surface area contributed by atoms with Gasteiger partial charge in [-0.3, -0.25) is 9.80 Å². The van der Waals surface area contributed by atoms with Crippen molar-refractivity contribution in [3.05, 3.63) is 81.8 Å². The largest absolute Gasteiger partial charge is 0.487 e. The number of carbonyl (C=O) groups is 1. The maximum absolute atomic E-state index is 11.0. The minimum Gasteiger partial charge on any atom is -0.487 e. The lowest BCUT2D eigenvalue weighted by Crippen LogP contribution is -2.45. The average molecular weight is 436 g/mol. The molecule has 160 valence electrons. The van der Waals surface area contributed by atoms with Crippen LogP contribution in [0.2, 0.25) is 0 Å². The molecule has 0 amide bonds. The van der Waals surface area contributed by atoms with Gasteiger partial charge in [0.25, 0.3) is 0 Å². The van der Waals surface area contributed by atoms with E-state index >= 15 is 0 Å². The van der Waals surface area contributed by atoms with E-state index in [1.165, 1.54) is 17.5 Å². The summed E-state index contributed by atoms with van der Waals surface area (Å²) in [4.78, 5) is 20.4. The number of ether oxygens (including phenoxy) is 1. The molecule has 0 saturated carbocycles. The van der Waals surface area contributed by atoms with Gasteiger partial charge in [-0.05, 0) is 41.8 Å². The van der Waals surface area contributed by atoms with Gasteiger partial charge in [-0.2, -0.15) is 0 Å². The SMILES string of the molecule is O=C(O)c1ccc(CN2C[C@@H]3C[C@H]2CN3Cc2ccc(OCc3cscn3)cc2)cc1. The van der Waals surface area contributed by atoms with Crippen LogP contribution in [0.1, 0.15) is 33.6 Å². The molecule has 1 N–H and O–H groups in total. The summed E-state index contributed by atoms with van der Waals surface area (Å²) in [6.45, 7) is 4.52. The predicted octanol–water partition coefficient (Wildman–Crippen LogP) is 3.88. The first-order chi connectivity index (χ1) is 15.1. The smallest absolute Gasteiger partial charge is 0.335 e. The fourth-order valence-electron chi connectivity index (χ4n) is 4.60. The fraction of sp³-hybridized carbons (Fsp3) is 0.333. The Bertz CT molecular complexity index is 1020. The first kappa shape index (κ1) is 20.2. The summed E-state index contributed by atoms with van der Waals surface area (Å²) >= 11 is 1.58. The number of thiazole rings is 1. The molecule has 2 aliphatic heterocycles. The lowest BCUT2D eigenvalue weighted by atomic mass is 10.1. The molecule has 3 aromatic rings. The van der Waals surface area contributed by atoms with E-state index in [-0.39, 0.29) is 0 Å². The van der Waals surface area contributed by atoms with E-state index in [2.05, 4.69) is 26.9 Å². The fourth-order valence-corrected chi connectivity index (χ4v) is 5.14. The molecule has 2 fully saturated rings. The summed E-state index contributed by atoms with van der Waals surface area (Å²) in [7, 11) is 0. The predicted molar refractivity (Wildman–Crippen MR) is 119 cm³/mol. The molecule has 2 saturated heterocycles. The normalized spacial score (nSPS) is 20.9. The highest BCUT2D eigenvalue weighted by atomic mass is 32.1. The van der Waals surface area contributed by atoms with Gasteiger partial charge >= 0.3 is 5.97 Å². The van der Waals surface area contributed by atoms with Crippen LogP contribution < -0.4 is 4.74 Å². The number of benzene rings is 2. The van der Waals surface area contributed by atoms with E-state index in [1.807, 2.05) is 35.2 Å². The first-order valence-corrected chi connectivity index (χ1v) is 11.5. The van der Waals surface area contributed by atoms with Crippen LogP contribution >= 0.6 is 11.3 Å². The van der Waals surface area contributed by atoms with Crippen molar-refractivity contribution >= 4 is 17.3 Å². The zero-order valence-corrected chi connectivity index (χ0v) is 18.0. The number of carboxylic acid groups (broad SMARTS) is 1. The molecule has 7 heteroatoms. The number of aromatic nitrogens is 1. The minimum absolute atomic E-state index is 0.345. The third kappa shape index (κ3) is 4.63. The van der Waals surface area contributed by atoms with E-state index in [0.29, 0.717) is 24.3 Å². The summed E-state index contributed by atoms with van der Waals surface area (Å²) in [6, 6.07) is 16.8. The maximum atomic E-state index is 11.0. The summed E-state index contributed by atoms with van der Waals surface area (Å²) < 4.78 is 5.81. The number of hydrogen-bond acceptors (Lipinski definition) is 6. The number of nitrogens with zero attached hydrogens (tertiary/aromatic N) is 3. The molecule has 2 aromatic carbocycles. The Morgan fingerprint density at radius 3 is 2.13 bits per heavy atom. The Morgan fingerprint density at radius 1 is 1.00 bits per heavy atom. The van der Waals surface area contributed by atoms with Gasteiger partial charge in [0.05, 0.1) is 16.8 Å². The van der Waals surface area contributed by atoms with Crippen molar-refractivity contribution in [2.24, 2.45) is 0 Å². The van der Waals surface area contributed by atoms with Crippen LogP contribution in [0.4, 0.5) is 0 Å². The number of likely N-dealkylation sites (tertiary alicyclic amines) is 2. The molecule has 2 bridgehead atoms. The highest BCUT2D eigenvalue weighted by Crippen LogP contribution is 2.33. The number of piperazine rings is 1. The number of aromatic carboxylic acids is 1. The molecule has 1 aromatic heterocycles. The Hall–Kier alpha value is -2.74. The second-order valence-corrected chi connectivity index (χ2v) is 9.04. The van der Waals surface area contributed by atoms with Crippen LogP contribution in [-0.2, 0) is 19.7 Å². The third-order valence-electron chi connectivity index (χ3n) is 6.23. The van der Waals surface area contributed by atoms with Crippen molar-refractivity contribution in [2.75, 3.05) is 13.1 Å². The summed E-state index contributed by atoms with van der Waals surface area (Å²) in [5.74, 6) is 0.00118. The molecule has 0 aliphatic carbocycles. The lowest BCUT2D eigenvalue weighted by Gasteiger charge is -2.34. The molecule has 2 aliphatic rings. The number of carboxylic acids is 1. The Labute approximate surface area is 185 Å². The standard InChI is InChI=1S/C24H25N3O3S/c28-24(29)19-5-1-17(2-6-19)10-26-12-22-9-21(26)13-27(22)11-18-3-7-23(8-4-18)30-14-20-15-31-16-25-20/h1-8,15-16,21-22H,9-14H2,(H,28,29)/t21-,22-/m0/s1. The van der Waals surface area contributed by atoms with Crippen molar-refractivity contribution in [3.63, 3.8) is 0 Å². The minimum atomic E-state index is -0.874. The van der Waals surface area contributed by atoms with Gasteiger partial charge in [0.1, 0.15) is 12.4 Å². The first-order valence-electron chi connectivity index (χ1n) is 10.5. The van der Waals surface area contributed by atoms with Crippen LogP contribution in [0.25, 0.3) is 0 Å². The summed E-state index contributed by atoms with van der Waals surface area (Å²) in [5, 5.41) is 11.1. The molecule has 0 unspecified atom stereocenters. The van der Waals surface area contributed by atoms with Gasteiger partial charge in [0, 0.05) is 43.6 Å². The Morgan fingerprint density at radius 2 is 1.61 bits per heavy atom. The molecule has 3 heterocycles. The number of rotatable bonds is 8. The second-order valence-electron chi connectivity index (χ2n) is 8.32. The Kier molecular flexibility index (Phi) is 5.72. The number of fused-ring (bicyclic) bond motifs is 2. The van der Waals surface area contributed by atoms with Crippen LogP contribution in [0.3, 0.4) is 0 Å². The van der Waals surface area contributed by atoms with E-state index in [9.17, 15) is 4.79 Å². The van der Waals surface area contributed by atoms with Crippen LogP contribution in [-0.4, -0.2) is 51.0 Å². The molecule has 0 radical (unpaired) electrons. The van der Waals surface area contributed by atoms with Crippen molar-refractivity contribution in [1.29, 1.82) is 0 Å². The van der Waals surface area contributed by atoms with Gasteiger partial charge in [-0.1, -0.05) is 24.3 Å². The van der Waals surface area contributed by atoms with E-state index in [1.54, 1.807) is 23.5 Å². The number of hydrogen-bond donors (Lipinski definition) is 1. The molecule has 5 rings (SSSR count). The van der Waals surface area contributed by atoms with E-state index in [0.717, 1.165) is 37.6 Å². The molecular formula is C24H25N3O3S. The van der Waals surface area contributed by atoms with Crippen LogP contribution in [0.15, 0.2) is 59.4 Å². The Balaban J connectivity index is 1.12. The molecule has 6 nitrogen and oxygen atoms in total. The van der Waals surface area contributed by atoms with Crippen molar-refractivity contribution in [1.82, 2.24) is 14.8 Å². The van der Waals surface area contributed by atoms with Gasteiger partial charge in [-0.15, -0.1) is 11.3 Å². The van der Waals surface area contributed by atoms with Gasteiger partial charge in [0.15, 0.2) is 0 Å². The zero-order chi connectivity index (χ0) is 21.2. The van der Waals surface area contributed by atoms with Gasteiger partial charge in [-0.25, -0.2) is 9.78 Å². The van der Waals surface area contributed by atoms with Crippen molar-refractivity contribution in [2.45, 2.75) is 38.2 Å². The lowest BCUT2D eigenvalue weighted by molar-refractivity contribution is 0.0697. The zero-order valence-electron chi connectivity index (χ0n) is 17.2. The molecule has 0 spiro atoms. The van der Waals surface area contributed by atoms with Gasteiger partial charge in [0.2, 0.25) is 0 Å². The highest BCUT2D eigenvalue weighted by Gasteiger charge is 2.42. The highest BCUT2D eigenvalue weighted by molar-refractivity contribution is 7.07. The average Bonchev–Trinajstić information content (AvgIpc) is 3.52. The summed E-state index contributed by atoms with van der Waals surface area (Å²) in [6.07, 6.45) is 1.21.